The van der Waals surface area contributed by atoms with Gasteiger partial charge in [-0.3, -0.25) is 10.1 Å². The van der Waals surface area contributed by atoms with Gasteiger partial charge in [0.25, 0.3) is 5.91 Å². The number of halogens is 1. The second-order valence-electron chi connectivity index (χ2n) is 5.46. The van der Waals surface area contributed by atoms with E-state index in [1.165, 1.54) is 17.4 Å². The first-order valence-corrected chi connectivity index (χ1v) is 7.92. The van der Waals surface area contributed by atoms with E-state index in [1.807, 2.05) is 25.1 Å². The van der Waals surface area contributed by atoms with Crippen LogP contribution in [-0.2, 0) is 0 Å². The molecule has 23 heavy (non-hydrogen) atoms. The number of thiazole rings is 1. The predicted molar refractivity (Wildman–Crippen MR) is 93.0 cm³/mol. The van der Waals surface area contributed by atoms with Crippen LogP contribution in [0.1, 0.15) is 15.9 Å². The fourth-order valence-corrected chi connectivity index (χ4v) is 3.26. The third kappa shape index (κ3) is 3.03. The van der Waals surface area contributed by atoms with E-state index >= 15 is 0 Å². The number of hydrogen-bond donors (Lipinski definition) is 1. The van der Waals surface area contributed by atoms with Crippen LogP contribution in [0.2, 0.25) is 0 Å². The van der Waals surface area contributed by atoms with Crippen molar-refractivity contribution in [2.45, 2.75) is 6.92 Å². The Labute approximate surface area is 137 Å². The number of nitrogens with one attached hydrogen (secondary N) is 1. The molecule has 0 atom stereocenters. The number of amides is 1. The Balaban J connectivity index is 1.86. The lowest BCUT2D eigenvalue weighted by Gasteiger charge is -2.13. The number of benzene rings is 2. The third-order valence-electron chi connectivity index (χ3n) is 3.53. The first kappa shape index (κ1) is 15.4. The summed E-state index contributed by atoms with van der Waals surface area (Å²) in [7, 11) is 3.50. The highest BCUT2D eigenvalue weighted by atomic mass is 32.1. The summed E-state index contributed by atoms with van der Waals surface area (Å²) >= 11 is 1.40. The highest BCUT2D eigenvalue weighted by molar-refractivity contribution is 7.22. The number of carbonyl (C=O) groups excluding carboxylic acids is 1. The largest absolute Gasteiger partial charge is 0.375 e. The number of aromatic nitrogens is 1. The van der Waals surface area contributed by atoms with Gasteiger partial charge in [-0.2, -0.15) is 0 Å². The summed E-state index contributed by atoms with van der Waals surface area (Å²) in [6.45, 7) is 1.98. The molecule has 1 amide bonds. The number of hydrogen-bond acceptors (Lipinski definition) is 4. The number of carbonyl (C=O) groups is 1. The van der Waals surface area contributed by atoms with E-state index < -0.39 is 5.82 Å². The van der Waals surface area contributed by atoms with Crippen LogP contribution in [0.4, 0.5) is 15.2 Å². The van der Waals surface area contributed by atoms with E-state index in [4.69, 9.17) is 0 Å². The average Bonchev–Trinajstić information content (AvgIpc) is 2.90. The average molecular weight is 329 g/mol. The van der Waals surface area contributed by atoms with Gasteiger partial charge >= 0.3 is 0 Å². The van der Waals surface area contributed by atoms with Gasteiger partial charge in [-0.05, 0) is 36.8 Å². The van der Waals surface area contributed by atoms with Gasteiger partial charge < -0.3 is 4.90 Å². The molecule has 1 N–H and O–H groups in total. The standard InChI is InChI=1S/C17H16FN3OS/c1-10-5-4-6-14-15(10)19-17(23-14)20-16(22)11-7-8-13(21(2)3)12(18)9-11/h4-9H,1-3H3,(H,19,20,22). The molecule has 0 bridgehead atoms. The maximum atomic E-state index is 14.0. The van der Waals surface area contributed by atoms with Gasteiger partial charge in [-0.1, -0.05) is 23.5 Å². The second kappa shape index (κ2) is 5.96. The molecule has 1 aromatic heterocycles. The van der Waals surface area contributed by atoms with Gasteiger partial charge in [0, 0.05) is 19.7 Å². The molecule has 4 nitrogen and oxygen atoms in total. The number of nitrogens with zero attached hydrogens (tertiary/aromatic N) is 2. The van der Waals surface area contributed by atoms with E-state index in [-0.39, 0.29) is 11.5 Å². The van der Waals surface area contributed by atoms with E-state index in [0.29, 0.717) is 10.8 Å². The van der Waals surface area contributed by atoms with Gasteiger partial charge in [0.2, 0.25) is 0 Å². The minimum Gasteiger partial charge on any atom is -0.375 e. The molecule has 0 aliphatic carbocycles. The SMILES string of the molecule is Cc1cccc2sc(NC(=O)c3ccc(N(C)C)c(F)c3)nc12. The van der Waals surface area contributed by atoms with Crippen molar-refractivity contribution >= 4 is 38.3 Å². The first-order valence-electron chi connectivity index (χ1n) is 7.10. The Morgan fingerprint density at radius 1 is 1.26 bits per heavy atom. The smallest absolute Gasteiger partial charge is 0.257 e. The van der Waals surface area contributed by atoms with Gasteiger partial charge in [0.1, 0.15) is 5.82 Å². The monoisotopic (exact) mass is 329 g/mol. The fraction of sp³-hybridized carbons (Fsp3) is 0.176. The maximum absolute atomic E-state index is 14.0. The first-order chi connectivity index (χ1) is 11.0. The van der Waals surface area contributed by atoms with Crippen molar-refractivity contribution in [3.63, 3.8) is 0 Å². The van der Waals surface area contributed by atoms with E-state index in [0.717, 1.165) is 15.8 Å². The normalized spacial score (nSPS) is 10.8. The molecule has 1 heterocycles. The van der Waals surface area contributed by atoms with Crippen LogP contribution in [0.3, 0.4) is 0 Å². The minimum atomic E-state index is -0.428. The molecule has 0 unspecified atom stereocenters. The molecule has 0 spiro atoms. The molecule has 0 saturated carbocycles. The Hall–Kier alpha value is -2.47. The highest BCUT2D eigenvalue weighted by Gasteiger charge is 2.13. The minimum absolute atomic E-state index is 0.268. The number of fused-ring (bicyclic) bond motifs is 1. The number of anilines is 2. The molecule has 0 saturated heterocycles. The van der Waals surface area contributed by atoms with Crippen LogP contribution in [0.25, 0.3) is 10.2 Å². The van der Waals surface area contributed by atoms with E-state index in [9.17, 15) is 9.18 Å². The lowest BCUT2D eigenvalue weighted by molar-refractivity contribution is 0.102. The Morgan fingerprint density at radius 2 is 2.04 bits per heavy atom. The van der Waals surface area contributed by atoms with Crippen molar-refractivity contribution < 1.29 is 9.18 Å². The Bertz CT molecular complexity index is 889. The van der Waals surface area contributed by atoms with Crippen molar-refractivity contribution in [2.75, 3.05) is 24.3 Å². The van der Waals surface area contributed by atoms with Crippen molar-refractivity contribution in [1.29, 1.82) is 0 Å². The molecule has 6 heteroatoms. The molecule has 0 aliphatic heterocycles. The molecule has 118 valence electrons. The van der Waals surface area contributed by atoms with Crippen LogP contribution in [0.5, 0.6) is 0 Å². The highest BCUT2D eigenvalue weighted by Crippen LogP contribution is 2.28. The van der Waals surface area contributed by atoms with Gasteiger partial charge in [-0.15, -0.1) is 0 Å². The molecule has 0 radical (unpaired) electrons. The van der Waals surface area contributed by atoms with Crippen LogP contribution >= 0.6 is 11.3 Å². The fourth-order valence-electron chi connectivity index (χ4n) is 2.32. The van der Waals surface area contributed by atoms with Gasteiger partial charge in [0.15, 0.2) is 5.13 Å². The zero-order valence-electron chi connectivity index (χ0n) is 13.1. The van der Waals surface area contributed by atoms with E-state index in [1.54, 1.807) is 31.1 Å². The zero-order valence-corrected chi connectivity index (χ0v) is 13.9. The lowest BCUT2D eigenvalue weighted by Crippen LogP contribution is -2.14. The summed E-state index contributed by atoms with van der Waals surface area (Å²) < 4.78 is 15.0. The number of para-hydroxylation sites is 1. The topological polar surface area (TPSA) is 45.2 Å². The van der Waals surface area contributed by atoms with Gasteiger partial charge in [0.05, 0.1) is 15.9 Å². The van der Waals surface area contributed by atoms with Crippen LogP contribution < -0.4 is 10.2 Å². The van der Waals surface area contributed by atoms with Crippen LogP contribution in [-0.4, -0.2) is 25.0 Å². The molecule has 0 aliphatic rings. The Morgan fingerprint density at radius 3 is 2.70 bits per heavy atom. The molecule has 3 aromatic rings. The van der Waals surface area contributed by atoms with Crippen LogP contribution in [0, 0.1) is 12.7 Å². The quantitative estimate of drug-likeness (QED) is 0.788. The number of aryl methyl sites for hydroxylation is 1. The summed E-state index contributed by atoms with van der Waals surface area (Å²) in [6, 6.07) is 10.3. The summed E-state index contributed by atoms with van der Waals surface area (Å²) in [5.74, 6) is -0.797. The number of rotatable bonds is 3. The third-order valence-corrected chi connectivity index (χ3v) is 4.47. The molecule has 0 fully saturated rings. The van der Waals surface area contributed by atoms with Crippen molar-refractivity contribution in [1.82, 2.24) is 4.98 Å². The molecular formula is C17H16FN3OS. The summed E-state index contributed by atoms with van der Waals surface area (Å²) in [5, 5.41) is 3.25. The zero-order chi connectivity index (χ0) is 16.6. The summed E-state index contributed by atoms with van der Waals surface area (Å²) in [4.78, 5) is 18.4. The molecule has 3 rings (SSSR count). The second-order valence-corrected chi connectivity index (χ2v) is 6.49. The summed E-state index contributed by atoms with van der Waals surface area (Å²) in [5.41, 5.74) is 2.64. The van der Waals surface area contributed by atoms with Crippen molar-refractivity contribution in [3.05, 3.63) is 53.3 Å². The van der Waals surface area contributed by atoms with Crippen molar-refractivity contribution in [2.24, 2.45) is 0 Å². The predicted octanol–water partition coefficient (Wildman–Crippen LogP) is 4.06. The maximum Gasteiger partial charge on any atom is 0.257 e. The molecule has 2 aromatic carbocycles. The van der Waals surface area contributed by atoms with Crippen molar-refractivity contribution in [3.8, 4) is 0 Å². The van der Waals surface area contributed by atoms with E-state index in [2.05, 4.69) is 10.3 Å². The summed E-state index contributed by atoms with van der Waals surface area (Å²) in [6.07, 6.45) is 0. The lowest BCUT2D eigenvalue weighted by atomic mass is 10.2. The molecular weight excluding hydrogens is 313 g/mol. The van der Waals surface area contributed by atoms with Gasteiger partial charge in [-0.25, -0.2) is 9.37 Å². The van der Waals surface area contributed by atoms with Crippen LogP contribution in [0.15, 0.2) is 36.4 Å². The Kier molecular flexibility index (Phi) is 4.00.